The number of hydrogen-bond acceptors (Lipinski definition) is 4. The van der Waals surface area contributed by atoms with Crippen molar-refractivity contribution in [2.24, 2.45) is 10.6 Å². The van der Waals surface area contributed by atoms with Crippen molar-refractivity contribution in [3.8, 4) is 0 Å². The molecule has 0 N–H and O–H groups in total. The second-order valence-corrected chi connectivity index (χ2v) is 4.15. The molecule has 0 aliphatic rings. The van der Waals surface area contributed by atoms with Gasteiger partial charge in [-0.25, -0.2) is 0 Å². The van der Waals surface area contributed by atoms with E-state index in [0.717, 1.165) is 0 Å². The quantitative estimate of drug-likeness (QED) is 0.665. The molecule has 0 fully saturated rings. The van der Waals surface area contributed by atoms with E-state index in [1.54, 1.807) is 17.2 Å². The van der Waals surface area contributed by atoms with E-state index in [2.05, 4.69) is 15.4 Å². The average molecular weight is 182 g/mol. The van der Waals surface area contributed by atoms with E-state index in [1.807, 2.05) is 20.8 Å². The standard InChI is InChI=1S/C8H14N4O/c1-8(2,3)7(11-13)4-12-5-9-10-6-12/h5-7H,4H2,1-3H3. The smallest absolute Gasteiger partial charge is 0.119 e. The van der Waals surface area contributed by atoms with Crippen molar-refractivity contribution in [3.63, 3.8) is 0 Å². The average Bonchev–Trinajstić information content (AvgIpc) is 2.49. The van der Waals surface area contributed by atoms with Crippen LogP contribution in [0.25, 0.3) is 0 Å². The van der Waals surface area contributed by atoms with Gasteiger partial charge in [0, 0.05) is 0 Å². The molecule has 0 saturated heterocycles. The van der Waals surface area contributed by atoms with Gasteiger partial charge in [-0.2, -0.15) is 4.91 Å². The molecule has 1 heterocycles. The summed E-state index contributed by atoms with van der Waals surface area (Å²) in [4.78, 5) is 10.6. The van der Waals surface area contributed by atoms with Crippen LogP contribution < -0.4 is 0 Å². The highest BCUT2D eigenvalue weighted by Gasteiger charge is 2.25. The number of aromatic nitrogens is 3. The molecular formula is C8H14N4O. The number of nitrogens with zero attached hydrogens (tertiary/aromatic N) is 4. The Balaban J connectivity index is 2.66. The maximum absolute atomic E-state index is 10.6. The van der Waals surface area contributed by atoms with Gasteiger partial charge in [-0.1, -0.05) is 25.9 Å². The van der Waals surface area contributed by atoms with Crippen LogP contribution in [-0.4, -0.2) is 20.8 Å². The van der Waals surface area contributed by atoms with Crippen LogP contribution in [0.3, 0.4) is 0 Å². The molecule has 13 heavy (non-hydrogen) atoms. The molecule has 0 aliphatic carbocycles. The lowest BCUT2D eigenvalue weighted by molar-refractivity contribution is 0.291. The predicted molar refractivity (Wildman–Crippen MR) is 49.1 cm³/mol. The lowest BCUT2D eigenvalue weighted by Gasteiger charge is -2.24. The summed E-state index contributed by atoms with van der Waals surface area (Å²) in [6.07, 6.45) is 3.17. The Bertz CT molecular complexity index is 262. The summed E-state index contributed by atoms with van der Waals surface area (Å²) in [5, 5.41) is 10.4. The van der Waals surface area contributed by atoms with Gasteiger partial charge in [-0.05, 0) is 5.41 Å². The van der Waals surface area contributed by atoms with Gasteiger partial charge in [-0.15, -0.1) is 10.2 Å². The molecule has 1 rings (SSSR count). The number of rotatable bonds is 3. The summed E-state index contributed by atoms with van der Waals surface area (Å²) in [6, 6.07) is -0.247. The van der Waals surface area contributed by atoms with Crippen molar-refractivity contribution in [1.82, 2.24) is 14.8 Å². The fourth-order valence-electron chi connectivity index (χ4n) is 0.981. The normalized spacial score (nSPS) is 14.1. The zero-order valence-electron chi connectivity index (χ0n) is 8.14. The third-order valence-electron chi connectivity index (χ3n) is 1.98. The van der Waals surface area contributed by atoms with Crippen LogP contribution in [0.4, 0.5) is 0 Å². The summed E-state index contributed by atoms with van der Waals surface area (Å²) in [7, 11) is 0. The molecule has 0 aromatic carbocycles. The first-order valence-electron chi connectivity index (χ1n) is 4.19. The summed E-state index contributed by atoms with van der Waals surface area (Å²) < 4.78 is 1.76. The molecule has 0 aliphatic heterocycles. The fourth-order valence-corrected chi connectivity index (χ4v) is 0.981. The molecule has 72 valence electrons. The van der Waals surface area contributed by atoms with Gasteiger partial charge in [0.05, 0.1) is 6.54 Å². The molecular weight excluding hydrogens is 168 g/mol. The predicted octanol–water partition coefficient (Wildman–Crippen LogP) is 1.46. The van der Waals surface area contributed by atoms with Gasteiger partial charge in [0.25, 0.3) is 0 Å². The second kappa shape index (κ2) is 3.64. The zero-order valence-corrected chi connectivity index (χ0v) is 8.14. The highest BCUT2D eigenvalue weighted by atomic mass is 16.3. The summed E-state index contributed by atoms with van der Waals surface area (Å²) in [6.45, 7) is 6.51. The van der Waals surface area contributed by atoms with E-state index in [4.69, 9.17) is 0 Å². The van der Waals surface area contributed by atoms with E-state index in [0.29, 0.717) is 6.54 Å². The molecule has 0 spiro atoms. The van der Waals surface area contributed by atoms with Crippen molar-refractivity contribution >= 4 is 0 Å². The molecule has 5 heteroatoms. The largest absolute Gasteiger partial charge is 0.318 e. The van der Waals surface area contributed by atoms with Crippen molar-refractivity contribution in [1.29, 1.82) is 0 Å². The Labute approximate surface area is 77.1 Å². The summed E-state index contributed by atoms with van der Waals surface area (Å²) >= 11 is 0. The van der Waals surface area contributed by atoms with Crippen molar-refractivity contribution in [2.75, 3.05) is 0 Å². The monoisotopic (exact) mass is 182 g/mol. The van der Waals surface area contributed by atoms with Crippen molar-refractivity contribution < 1.29 is 0 Å². The molecule has 1 aromatic heterocycles. The molecule has 0 saturated carbocycles. The van der Waals surface area contributed by atoms with E-state index in [9.17, 15) is 4.91 Å². The maximum Gasteiger partial charge on any atom is 0.119 e. The SMILES string of the molecule is CC(C)(C)C(Cn1cnnc1)N=O. The van der Waals surface area contributed by atoms with Crippen LogP contribution in [0.1, 0.15) is 20.8 Å². The van der Waals surface area contributed by atoms with Crippen LogP contribution in [0.2, 0.25) is 0 Å². The molecule has 0 radical (unpaired) electrons. The third kappa shape index (κ3) is 2.61. The van der Waals surface area contributed by atoms with Crippen molar-refractivity contribution in [2.45, 2.75) is 33.4 Å². The summed E-state index contributed by atoms with van der Waals surface area (Å²) in [5.74, 6) is 0. The first-order chi connectivity index (χ1) is 6.04. The molecule has 0 bridgehead atoms. The Hall–Kier alpha value is -1.26. The topological polar surface area (TPSA) is 60.1 Å². The van der Waals surface area contributed by atoms with Crippen LogP contribution in [0.5, 0.6) is 0 Å². The summed E-state index contributed by atoms with van der Waals surface area (Å²) in [5.41, 5.74) is -0.119. The number of nitroso groups, excluding NO2 is 1. The van der Waals surface area contributed by atoms with Gasteiger partial charge in [0.1, 0.15) is 18.7 Å². The van der Waals surface area contributed by atoms with Gasteiger partial charge in [0.2, 0.25) is 0 Å². The highest BCUT2D eigenvalue weighted by molar-refractivity contribution is 4.81. The molecule has 5 nitrogen and oxygen atoms in total. The third-order valence-corrected chi connectivity index (χ3v) is 1.98. The molecule has 1 atom stereocenters. The minimum absolute atomic E-state index is 0.119. The van der Waals surface area contributed by atoms with Crippen molar-refractivity contribution in [3.05, 3.63) is 17.6 Å². The lowest BCUT2D eigenvalue weighted by atomic mass is 9.87. The first-order valence-corrected chi connectivity index (χ1v) is 4.19. The van der Waals surface area contributed by atoms with Crippen LogP contribution in [0, 0.1) is 10.3 Å². The van der Waals surface area contributed by atoms with E-state index < -0.39 is 0 Å². The van der Waals surface area contributed by atoms with Crippen LogP contribution >= 0.6 is 0 Å². The van der Waals surface area contributed by atoms with E-state index >= 15 is 0 Å². The van der Waals surface area contributed by atoms with Gasteiger partial charge < -0.3 is 4.57 Å². The van der Waals surface area contributed by atoms with Crippen LogP contribution in [-0.2, 0) is 6.54 Å². The molecule has 0 amide bonds. The number of hydrogen-bond donors (Lipinski definition) is 0. The Kier molecular flexibility index (Phi) is 2.75. The zero-order chi connectivity index (χ0) is 9.90. The molecule has 1 unspecified atom stereocenters. The Morgan fingerprint density at radius 2 is 1.92 bits per heavy atom. The van der Waals surface area contributed by atoms with Gasteiger partial charge in [0.15, 0.2) is 0 Å². The van der Waals surface area contributed by atoms with Gasteiger partial charge in [-0.3, -0.25) is 0 Å². The first kappa shape index (κ1) is 9.83. The fraction of sp³-hybridized carbons (Fsp3) is 0.750. The second-order valence-electron chi connectivity index (χ2n) is 4.15. The van der Waals surface area contributed by atoms with Gasteiger partial charge >= 0.3 is 0 Å². The lowest BCUT2D eigenvalue weighted by Crippen LogP contribution is -2.28. The Morgan fingerprint density at radius 1 is 1.38 bits per heavy atom. The highest BCUT2D eigenvalue weighted by Crippen LogP contribution is 2.23. The minimum atomic E-state index is -0.247. The molecule has 1 aromatic rings. The van der Waals surface area contributed by atoms with E-state index in [-0.39, 0.29) is 11.5 Å². The Morgan fingerprint density at radius 3 is 2.31 bits per heavy atom. The maximum atomic E-state index is 10.6. The van der Waals surface area contributed by atoms with Crippen LogP contribution in [0.15, 0.2) is 17.8 Å². The minimum Gasteiger partial charge on any atom is -0.318 e. The van der Waals surface area contributed by atoms with E-state index in [1.165, 1.54) is 0 Å².